The van der Waals surface area contributed by atoms with Crippen molar-refractivity contribution in [3.05, 3.63) is 29.3 Å². The van der Waals surface area contributed by atoms with Crippen LogP contribution in [0.3, 0.4) is 0 Å². The molecule has 0 fully saturated rings. The molecule has 1 aliphatic rings. The third-order valence-electron chi connectivity index (χ3n) is 3.50. The van der Waals surface area contributed by atoms with E-state index >= 15 is 0 Å². The van der Waals surface area contributed by atoms with E-state index in [1.165, 1.54) is 11.1 Å². The molecular weight excluding hydrogens is 204 g/mol. The fraction of sp³-hybridized carbons (Fsp3) is 0.462. The normalized spacial score (nSPS) is 20.2. The van der Waals surface area contributed by atoms with Gasteiger partial charge in [-0.1, -0.05) is 19.1 Å². The van der Waals surface area contributed by atoms with Gasteiger partial charge in [0.2, 0.25) is 0 Å². The third-order valence-corrected chi connectivity index (χ3v) is 3.50. The van der Waals surface area contributed by atoms with Crippen molar-refractivity contribution < 1.29 is 14.6 Å². The second kappa shape index (κ2) is 4.16. The van der Waals surface area contributed by atoms with E-state index < -0.39 is 5.97 Å². The molecule has 0 spiro atoms. The largest absolute Gasteiger partial charge is 0.496 e. The monoisotopic (exact) mass is 220 g/mol. The molecule has 0 radical (unpaired) electrons. The highest BCUT2D eigenvalue weighted by Crippen LogP contribution is 2.36. The Morgan fingerprint density at radius 3 is 2.88 bits per heavy atom. The molecule has 0 aliphatic heterocycles. The Hall–Kier alpha value is -1.51. The molecular formula is C13H16O3. The second-order valence-electron chi connectivity index (χ2n) is 4.39. The first-order chi connectivity index (χ1) is 7.63. The van der Waals surface area contributed by atoms with Gasteiger partial charge in [-0.05, 0) is 36.0 Å². The Labute approximate surface area is 95.0 Å². The third kappa shape index (κ3) is 1.77. The molecule has 2 rings (SSSR count). The summed E-state index contributed by atoms with van der Waals surface area (Å²) in [6.07, 6.45) is 1.66. The Morgan fingerprint density at radius 1 is 1.50 bits per heavy atom. The molecule has 2 unspecified atom stereocenters. The highest BCUT2D eigenvalue weighted by atomic mass is 16.5. The molecule has 0 saturated heterocycles. The number of carboxylic acid groups (broad SMARTS) is 1. The molecule has 1 aromatic rings. The van der Waals surface area contributed by atoms with Crippen molar-refractivity contribution >= 4 is 5.97 Å². The molecule has 1 aliphatic carbocycles. The number of fused-ring (bicyclic) bond motifs is 1. The molecule has 0 heterocycles. The predicted molar refractivity (Wildman–Crippen MR) is 60.7 cm³/mol. The molecule has 1 N–H and O–H groups in total. The Balaban J connectivity index is 2.24. The summed E-state index contributed by atoms with van der Waals surface area (Å²) < 4.78 is 5.30. The van der Waals surface area contributed by atoms with Gasteiger partial charge in [0.05, 0.1) is 13.0 Å². The SMILES string of the molecule is COc1cccc2c1CC(C(C)C(=O)O)C2. The number of carbonyl (C=O) groups is 1. The average Bonchev–Trinajstić information content (AvgIpc) is 2.70. The van der Waals surface area contributed by atoms with Crippen LogP contribution in [-0.2, 0) is 17.6 Å². The van der Waals surface area contributed by atoms with Gasteiger partial charge in [-0.15, -0.1) is 0 Å². The number of hydrogen-bond acceptors (Lipinski definition) is 2. The molecule has 0 amide bonds. The molecule has 0 bridgehead atoms. The maximum atomic E-state index is 11.0. The van der Waals surface area contributed by atoms with Crippen LogP contribution in [0.25, 0.3) is 0 Å². The van der Waals surface area contributed by atoms with Crippen molar-refractivity contribution in [2.75, 3.05) is 7.11 Å². The Bertz CT molecular complexity index is 412. The van der Waals surface area contributed by atoms with Crippen molar-refractivity contribution in [1.29, 1.82) is 0 Å². The van der Waals surface area contributed by atoms with E-state index in [1.54, 1.807) is 14.0 Å². The summed E-state index contributed by atoms with van der Waals surface area (Å²) in [5.41, 5.74) is 2.42. The van der Waals surface area contributed by atoms with Gasteiger partial charge in [0.25, 0.3) is 0 Å². The zero-order valence-electron chi connectivity index (χ0n) is 9.56. The molecule has 1 aromatic carbocycles. The maximum Gasteiger partial charge on any atom is 0.306 e. The number of hydrogen-bond donors (Lipinski definition) is 1. The summed E-state index contributed by atoms with van der Waals surface area (Å²) in [6, 6.07) is 5.96. The standard InChI is InChI=1S/C13H16O3/c1-8(13(14)15)10-6-9-4-3-5-12(16-2)11(9)7-10/h3-5,8,10H,6-7H2,1-2H3,(H,14,15). The summed E-state index contributed by atoms with van der Waals surface area (Å²) in [5, 5.41) is 9.02. The first-order valence-electron chi connectivity index (χ1n) is 5.51. The van der Waals surface area contributed by atoms with E-state index in [4.69, 9.17) is 9.84 Å². The van der Waals surface area contributed by atoms with Crippen LogP contribution < -0.4 is 4.74 Å². The van der Waals surface area contributed by atoms with Crippen LogP contribution in [0, 0.1) is 11.8 Å². The summed E-state index contributed by atoms with van der Waals surface area (Å²) >= 11 is 0. The maximum absolute atomic E-state index is 11.0. The van der Waals surface area contributed by atoms with Crippen LogP contribution >= 0.6 is 0 Å². The van der Waals surface area contributed by atoms with Gasteiger partial charge in [0.1, 0.15) is 5.75 Å². The highest BCUT2D eigenvalue weighted by molar-refractivity contribution is 5.70. The smallest absolute Gasteiger partial charge is 0.306 e. The van der Waals surface area contributed by atoms with Crippen LogP contribution in [0.4, 0.5) is 0 Å². The molecule has 3 nitrogen and oxygen atoms in total. The van der Waals surface area contributed by atoms with Crippen LogP contribution in [0.1, 0.15) is 18.1 Å². The van der Waals surface area contributed by atoms with Gasteiger partial charge in [-0.2, -0.15) is 0 Å². The minimum atomic E-state index is -0.711. The fourth-order valence-electron chi connectivity index (χ4n) is 2.40. The number of carboxylic acids is 1. The Morgan fingerprint density at radius 2 is 2.25 bits per heavy atom. The molecule has 0 saturated carbocycles. The molecule has 86 valence electrons. The zero-order chi connectivity index (χ0) is 11.7. The van der Waals surface area contributed by atoms with Gasteiger partial charge in [-0.3, -0.25) is 4.79 Å². The van der Waals surface area contributed by atoms with Gasteiger partial charge in [0, 0.05) is 0 Å². The van der Waals surface area contributed by atoms with Crippen molar-refractivity contribution in [1.82, 2.24) is 0 Å². The zero-order valence-corrected chi connectivity index (χ0v) is 9.56. The van der Waals surface area contributed by atoms with Gasteiger partial charge in [-0.25, -0.2) is 0 Å². The van der Waals surface area contributed by atoms with Crippen molar-refractivity contribution in [2.24, 2.45) is 11.8 Å². The number of benzene rings is 1. The number of aliphatic carboxylic acids is 1. The van der Waals surface area contributed by atoms with Crippen molar-refractivity contribution in [2.45, 2.75) is 19.8 Å². The van der Waals surface area contributed by atoms with Gasteiger partial charge in [0.15, 0.2) is 0 Å². The average molecular weight is 220 g/mol. The van der Waals surface area contributed by atoms with Crippen molar-refractivity contribution in [3.8, 4) is 5.75 Å². The first-order valence-corrected chi connectivity index (χ1v) is 5.51. The van der Waals surface area contributed by atoms with Crippen LogP contribution in [-0.4, -0.2) is 18.2 Å². The predicted octanol–water partition coefficient (Wildman–Crippen LogP) is 2.13. The van der Waals surface area contributed by atoms with E-state index in [0.29, 0.717) is 0 Å². The van der Waals surface area contributed by atoms with Crippen LogP contribution in [0.15, 0.2) is 18.2 Å². The topological polar surface area (TPSA) is 46.5 Å². The van der Waals surface area contributed by atoms with Crippen LogP contribution in [0.5, 0.6) is 5.75 Å². The number of ether oxygens (including phenoxy) is 1. The van der Waals surface area contributed by atoms with Crippen molar-refractivity contribution in [3.63, 3.8) is 0 Å². The molecule has 0 aromatic heterocycles. The number of methoxy groups -OCH3 is 1. The highest BCUT2D eigenvalue weighted by Gasteiger charge is 2.31. The summed E-state index contributed by atoms with van der Waals surface area (Å²) in [4.78, 5) is 11.0. The summed E-state index contributed by atoms with van der Waals surface area (Å²) in [5.74, 6) is 0.0790. The van der Waals surface area contributed by atoms with E-state index in [9.17, 15) is 4.79 Å². The first kappa shape index (κ1) is 11.0. The lowest BCUT2D eigenvalue weighted by Crippen LogP contribution is -2.20. The minimum absolute atomic E-state index is 0.198. The van der Waals surface area contributed by atoms with Gasteiger partial charge >= 0.3 is 5.97 Å². The van der Waals surface area contributed by atoms with E-state index in [1.807, 2.05) is 12.1 Å². The van der Waals surface area contributed by atoms with Gasteiger partial charge < -0.3 is 9.84 Å². The lowest BCUT2D eigenvalue weighted by Gasteiger charge is -2.13. The van der Waals surface area contributed by atoms with Crippen LogP contribution in [0.2, 0.25) is 0 Å². The van der Waals surface area contributed by atoms with E-state index in [0.717, 1.165) is 18.6 Å². The lowest BCUT2D eigenvalue weighted by atomic mass is 9.91. The molecule has 16 heavy (non-hydrogen) atoms. The molecule has 3 heteroatoms. The second-order valence-corrected chi connectivity index (χ2v) is 4.39. The lowest BCUT2D eigenvalue weighted by molar-refractivity contribution is -0.142. The van der Waals surface area contributed by atoms with E-state index in [2.05, 4.69) is 6.07 Å². The van der Waals surface area contributed by atoms with E-state index in [-0.39, 0.29) is 11.8 Å². The minimum Gasteiger partial charge on any atom is -0.496 e. The quantitative estimate of drug-likeness (QED) is 0.848. The fourth-order valence-corrected chi connectivity index (χ4v) is 2.40. The summed E-state index contributed by atoms with van der Waals surface area (Å²) in [6.45, 7) is 1.78. The Kier molecular flexibility index (Phi) is 2.86. The molecule has 2 atom stereocenters. The number of rotatable bonds is 3. The summed E-state index contributed by atoms with van der Waals surface area (Å²) in [7, 11) is 1.66.